The normalized spacial score (nSPS) is 11.0. The molecule has 1 aromatic heterocycles. The molecule has 0 atom stereocenters. The molecule has 0 fully saturated rings. The lowest BCUT2D eigenvalue weighted by molar-refractivity contribution is 0.112. The van der Waals surface area contributed by atoms with Gasteiger partial charge in [-0.25, -0.2) is 13.4 Å². The van der Waals surface area contributed by atoms with Gasteiger partial charge in [-0.1, -0.05) is 0 Å². The molecule has 0 spiro atoms. The van der Waals surface area contributed by atoms with Crippen LogP contribution in [0.3, 0.4) is 0 Å². The molecule has 1 heterocycles. The summed E-state index contributed by atoms with van der Waals surface area (Å²) < 4.78 is 24.0. The Morgan fingerprint density at radius 3 is 2.57 bits per heavy atom. The fourth-order valence-electron chi connectivity index (χ4n) is 0.943. The minimum Gasteiger partial charge on any atom is -0.298 e. The molecule has 1 aromatic rings. The molecule has 76 valence electrons. The van der Waals surface area contributed by atoms with Gasteiger partial charge in [-0.05, 0) is 18.6 Å². The first-order valence-electron chi connectivity index (χ1n) is 3.82. The molecule has 5 nitrogen and oxygen atoms in total. The van der Waals surface area contributed by atoms with Crippen LogP contribution in [0.25, 0.3) is 0 Å². The maximum atomic E-state index is 10.9. The van der Waals surface area contributed by atoms with Gasteiger partial charge < -0.3 is 0 Å². The third-order valence-corrected chi connectivity index (χ3v) is 2.08. The fourth-order valence-corrected chi connectivity index (χ4v) is 1.51. The number of aldehydes is 1. The van der Waals surface area contributed by atoms with Gasteiger partial charge in [0.15, 0.2) is 6.29 Å². The summed E-state index contributed by atoms with van der Waals surface area (Å²) in [4.78, 5) is 14.2. The first kappa shape index (κ1) is 10.6. The number of rotatable bonds is 3. The Bertz CT molecular complexity index is 454. The van der Waals surface area contributed by atoms with E-state index in [2.05, 4.69) is 9.71 Å². The highest BCUT2D eigenvalue weighted by Gasteiger charge is 2.06. The van der Waals surface area contributed by atoms with Crippen molar-refractivity contribution in [3.05, 3.63) is 23.4 Å². The molecule has 0 saturated carbocycles. The summed E-state index contributed by atoms with van der Waals surface area (Å²) in [6, 6.07) is 1.56. The molecule has 6 heteroatoms. The third kappa shape index (κ3) is 2.81. The van der Waals surface area contributed by atoms with Crippen molar-refractivity contribution in [3.8, 4) is 0 Å². The second kappa shape index (κ2) is 3.75. The Hall–Kier alpha value is -1.43. The van der Waals surface area contributed by atoms with Gasteiger partial charge in [0.25, 0.3) is 0 Å². The first-order chi connectivity index (χ1) is 6.42. The summed E-state index contributed by atoms with van der Waals surface area (Å²) in [7, 11) is -3.32. The molecular weight excluding hydrogens is 204 g/mol. The van der Waals surface area contributed by atoms with Crippen LogP contribution >= 0.6 is 0 Å². The largest absolute Gasteiger partial charge is 0.298 e. The fraction of sp³-hybridized carbons (Fsp3) is 0.250. The molecule has 0 aliphatic carbocycles. The lowest BCUT2D eigenvalue weighted by atomic mass is 10.2. The third-order valence-electron chi connectivity index (χ3n) is 1.52. The molecule has 0 bridgehead atoms. The number of sulfonamides is 1. The van der Waals surface area contributed by atoms with E-state index in [-0.39, 0.29) is 5.82 Å². The minimum absolute atomic E-state index is 0.248. The van der Waals surface area contributed by atoms with Crippen molar-refractivity contribution >= 4 is 22.1 Å². The van der Waals surface area contributed by atoms with E-state index in [1.165, 1.54) is 6.20 Å². The first-order valence-corrected chi connectivity index (χ1v) is 5.71. The van der Waals surface area contributed by atoms with Crippen LogP contribution < -0.4 is 4.72 Å². The maximum Gasteiger partial charge on any atom is 0.230 e. The second-order valence-electron chi connectivity index (χ2n) is 2.93. The number of aromatic nitrogens is 1. The number of pyridine rings is 1. The Labute approximate surface area is 82.2 Å². The van der Waals surface area contributed by atoms with Crippen LogP contribution in [0.5, 0.6) is 0 Å². The lowest BCUT2D eigenvalue weighted by Crippen LogP contribution is -2.12. The van der Waals surface area contributed by atoms with Crippen molar-refractivity contribution in [1.29, 1.82) is 0 Å². The molecule has 1 N–H and O–H groups in total. The van der Waals surface area contributed by atoms with Gasteiger partial charge >= 0.3 is 0 Å². The minimum atomic E-state index is -3.32. The number of hydrogen-bond donors (Lipinski definition) is 1. The summed E-state index contributed by atoms with van der Waals surface area (Å²) in [5.41, 5.74) is 1.03. The highest BCUT2D eigenvalue weighted by molar-refractivity contribution is 7.92. The van der Waals surface area contributed by atoms with Gasteiger partial charge in [0, 0.05) is 11.8 Å². The topological polar surface area (TPSA) is 76.1 Å². The Morgan fingerprint density at radius 1 is 1.50 bits per heavy atom. The van der Waals surface area contributed by atoms with E-state index >= 15 is 0 Å². The molecule has 14 heavy (non-hydrogen) atoms. The average molecular weight is 214 g/mol. The SMILES string of the molecule is Cc1cc(C=O)cnc1NS(C)(=O)=O. The summed E-state index contributed by atoms with van der Waals surface area (Å²) >= 11 is 0. The molecule has 0 saturated heterocycles. The zero-order chi connectivity index (χ0) is 10.8. The molecule has 0 unspecified atom stereocenters. The standard InChI is InChI=1S/C8H10N2O3S/c1-6-3-7(5-11)4-9-8(6)10-14(2,12)13/h3-5H,1-2H3,(H,9,10). The zero-order valence-electron chi connectivity index (χ0n) is 7.81. The molecule has 0 aromatic carbocycles. The van der Waals surface area contributed by atoms with Gasteiger partial charge in [-0.2, -0.15) is 0 Å². The Balaban J connectivity index is 3.07. The lowest BCUT2D eigenvalue weighted by Gasteiger charge is -2.05. The zero-order valence-corrected chi connectivity index (χ0v) is 8.63. The van der Waals surface area contributed by atoms with Gasteiger partial charge in [0.2, 0.25) is 10.0 Å². The van der Waals surface area contributed by atoms with E-state index in [0.717, 1.165) is 6.26 Å². The van der Waals surface area contributed by atoms with Gasteiger partial charge in [-0.3, -0.25) is 9.52 Å². The second-order valence-corrected chi connectivity index (χ2v) is 4.67. The number of aryl methyl sites for hydroxylation is 1. The number of carbonyl (C=O) groups excluding carboxylic acids is 1. The molecule has 0 radical (unpaired) electrons. The van der Waals surface area contributed by atoms with Crippen LogP contribution in [0, 0.1) is 6.92 Å². The van der Waals surface area contributed by atoms with E-state index in [9.17, 15) is 13.2 Å². The van der Waals surface area contributed by atoms with E-state index in [1.54, 1.807) is 13.0 Å². The van der Waals surface area contributed by atoms with Crippen molar-refractivity contribution in [1.82, 2.24) is 4.98 Å². The number of nitrogens with zero attached hydrogens (tertiary/aromatic N) is 1. The molecular formula is C8H10N2O3S. The van der Waals surface area contributed by atoms with Crippen LogP contribution in [-0.2, 0) is 10.0 Å². The maximum absolute atomic E-state index is 10.9. The highest BCUT2D eigenvalue weighted by atomic mass is 32.2. The van der Waals surface area contributed by atoms with E-state index < -0.39 is 10.0 Å². The monoisotopic (exact) mass is 214 g/mol. The van der Waals surface area contributed by atoms with Crippen molar-refractivity contribution in [3.63, 3.8) is 0 Å². The summed E-state index contributed by atoms with van der Waals surface area (Å²) in [6.45, 7) is 1.67. The summed E-state index contributed by atoms with van der Waals surface area (Å²) in [5.74, 6) is 0.248. The average Bonchev–Trinajstić information content (AvgIpc) is 2.06. The van der Waals surface area contributed by atoms with Crippen molar-refractivity contribution in [2.75, 3.05) is 11.0 Å². The molecule has 1 rings (SSSR count). The van der Waals surface area contributed by atoms with E-state index in [4.69, 9.17) is 0 Å². The van der Waals surface area contributed by atoms with Crippen molar-refractivity contribution in [2.24, 2.45) is 0 Å². The summed E-state index contributed by atoms with van der Waals surface area (Å²) in [5, 5.41) is 0. The number of carbonyl (C=O) groups is 1. The predicted molar refractivity (Wildman–Crippen MR) is 52.8 cm³/mol. The Kier molecular flexibility index (Phi) is 2.85. The van der Waals surface area contributed by atoms with Crippen LogP contribution in [0.2, 0.25) is 0 Å². The van der Waals surface area contributed by atoms with E-state index in [0.29, 0.717) is 17.4 Å². The van der Waals surface area contributed by atoms with Crippen LogP contribution in [0.1, 0.15) is 15.9 Å². The van der Waals surface area contributed by atoms with Crippen LogP contribution in [0.15, 0.2) is 12.3 Å². The molecule has 0 amide bonds. The van der Waals surface area contributed by atoms with Crippen molar-refractivity contribution < 1.29 is 13.2 Å². The number of nitrogens with one attached hydrogen (secondary N) is 1. The van der Waals surface area contributed by atoms with Crippen molar-refractivity contribution in [2.45, 2.75) is 6.92 Å². The summed E-state index contributed by atoms with van der Waals surface area (Å²) in [6.07, 6.45) is 3.01. The van der Waals surface area contributed by atoms with Crippen LogP contribution in [0.4, 0.5) is 5.82 Å². The number of anilines is 1. The molecule has 0 aliphatic heterocycles. The predicted octanol–water partition coefficient (Wildman–Crippen LogP) is 0.574. The smallest absolute Gasteiger partial charge is 0.230 e. The van der Waals surface area contributed by atoms with Gasteiger partial charge in [-0.15, -0.1) is 0 Å². The Morgan fingerprint density at radius 2 is 2.14 bits per heavy atom. The van der Waals surface area contributed by atoms with Gasteiger partial charge in [0.1, 0.15) is 5.82 Å². The highest BCUT2D eigenvalue weighted by Crippen LogP contribution is 2.12. The van der Waals surface area contributed by atoms with Crippen LogP contribution in [-0.4, -0.2) is 25.9 Å². The van der Waals surface area contributed by atoms with Gasteiger partial charge in [0.05, 0.1) is 6.26 Å². The van der Waals surface area contributed by atoms with E-state index in [1.807, 2.05) is 0 Å². The molecule has 0 aliphatic rings. The number of hydrogen-bond acceptors (Lipinski definition) is 4. The quantitative estimate of drug-likeness (QED) is 0.746.